The molecule has 0 spiro atoms. The summed E-state index contributed by atoms with van der Waals surface area (Å²) in [4.78, 5) is 28.2. The van der Waals surface area contributed by atoms with Gasteiger partial charge in [-0.15, -0.1) is 10.2 Å². The predicted octanol–water partition coefficient (Wildman–Crippen LogP) is 4.81. The maximum absolute atomic E-state index is 13.1. The largest absolute Gasteiger partial charge is 0.496 e. The smallest absolute Gasteiger partial charge is 0.359 e. The monoisotopic (exact) mass is 616 g/mol. The molecule has 0 aliphatic carbocycles. The maximum Gasteiger partial charge on any atom is 0.359 e. The number of rotatable bonds is 15. The molecule has 0 aliphatic heterocycles. The second kappa shape index (κ2) is 15.5. The number of carbonyl (C=O) groups excluding carboxylic acids is 2. The highest BCUT2D eigenvalue weighted by Crippen LogP contribution is 2.32. The van der Waals surface area contributed by atoms with Gasteiger partial charge in [0.2, 0.25) is 5.91 Å². The number of fused-ring (bicyclic) bond motifs is 1. The summed E-state index contributed by atoms with van der Waals surface area (Å²) < 4.78 is 12.5. The Morgan fingerprint density at radius 2 is 1.91 bits per heavy atom. The summed E-state index contributed by atoms with van der Waals surface area (Å²) in [5.74, 6) is 0.202. The van der Waals surface area contributed by atoms with E-state index in [1.54, 1.807) is 32.2 Å². The second-order valence-corrected chi connectivity index (χ2v) is 10.9. The fourth-order valence-corrected chi connectivity index (χ4v) is 5.39. The Labute approximate surface area is 264 Å². The lowest BCUT2D eigenvalue weighted by atomic mass is 9.98. The van der Waals surface area contributed by atoms with E-state index in [1.165, 1.54) is 4.52 Å². The average molecular weight is 617 g/mol. The molecule has 2 N–H and O–H groups in total. The fourth-order valence-electron chi connectivity index (χ4n) is 5.39. The summed E-state index contributed by atoms with van der Waals surface area (Å²) in [6.07, 6.45) is 5.49. The number of esters is 1. The normalized spacial score (nSPS) is 12.4. The van der Waals surface area contributed by atoms with Crippen LogP contribution in [0.25, 0.3) is 23.1 Å². The summed E-state index contributed by atoms with van der Waals surface area (Å²) in [7, 11) is 1.56. The Morgan fingerprint density at radius 1 is 1.11 bits per heavy atom. The van der Waals surface area contributed by atoms with Crippen LogP contribution in [0.3, 0.4) is 0 Å². The van der Waals surface area contributed by atoms with E-state index in [0.717, 1.165) is 49.0 Å². The first kappa shape index (κ1) is 33.4. The number of methoxy groups -OCH3 is 1. The molecule has 1 amide bonds. The number of amides is 1. The fraction of sp³-hybridized carbons (Fsp3) is 0.441. The minimum absolute atomic E-state index is 0.0267. The van der Waals surface area contributed by atoms with E-state index in [0.29, 0.717) is 40.2 Å². The lowest BCUT2D eigenvalue weighted by molar-refractivity contribution is -0.120. The number of aliphatic hydroxyl groups excluding tert-OH is 1. The van der Waals surface area contributed by atoms with Crippen LogP contribution in [0.15, 0.2) is 36.4 Å². The number of ether oxygens (including phenoxy) is 2. The first-order valence-corrected chi connectivity index (χ1v) is 15.7. The number of nitrogens with zero attached hydrogens (tertiary/aromatic N) is 5. The van der Waals surface area contributed by atoms with Crippen molar-refractivity contribution in [1.82, 2.24) is 19.8 Å². The lowest BCUT2D eigenvalue weighted by Gasteiger charge is -2.22. The van der Waals surface area contributed by atoms with Crippen molar-refractivity contribution in [3.8, 4) is 17.1 Å². The quantitative estimate of drug-likeness (QED) is 0.181. The van der Waals surface area contributed by atoms with Gasteiger partial charge in [-0.25, -0.2) is 4.79 Å². The Balaban J connectivity index is 1.81. The molecule has 0 fully saturated rings. The molecule has 4 aromatic rings. The highest BCUT2D eigenvalue weighted by atomic mass is 16.5. The third-order valence-electron chi connectivity index (χ3n) is 7.95. The number of unbranched alkanes of at least 4 members (excludes halogenated alkanes) is 1. The van der Waals surface area contributed by atoms with Crippen LogP contribution in [0.5, 0.6) is 5.75 Å². The molecular formula is C34H44N6O5. The van der Waals surface area contributed by atoms with Crippen LogP contribution in [0.1, 0.15) is 75.0 Å². The van der Waals surface area contributed by atoms with Gasteiger partial charge in [0, 0.05) is 30.4 Å². The molecule has 4 rings (SSSR count). The number of benzene rings is 2. The van der Waals surface area contributed by atoms with Gasteiger partial charge < -0.3 is 24.8 Å². The number of likely N-dealkylation sites (N-methyl/N-ethyl adjacent to an activating group) is 1. The molecule has 11 nitrogen and oxygen atoms in total. The number of carbonyl (C=O) groups is 2. The Bertz CT molecular complexity index is 1680. The second-order valence-electron chi connectivity index (χ2n) is 10.9. The molecule has 2 heterocycles. The van der Waals surface area contributed by atoms with Crippen LogP contribution >= 0.6 is 0 Å². The molecule has 240 valence electrons. The maximum atomic E-state index is 13.1. The van der Waals surface area contributed by atoms with Crippen molar-refractivity contribution >= 4 is 35.0 Å². The first-order valence-electron chi connectivity index (χ1n) is 15.7. The van der Waals surface area contributed by atoms with Crippen molar-refractivity contribution in [3.63, 3.8) is 0 Å². The molecule has 2 aromatic heterocycles. The summed E-state index contributed by atoms with van der Waals surface area (Å²) in [5, 5.41) is 26.5. The molecule has 0 saturated carbocycles. The zero-order valence-electron chi connectivity index (χ0n) is 27.1. The Hall–Kier alpha value is -4.51. The third kappa shape index (κ3) is 7.42. The number of hydrogen-bond donors (Lipinski definition) is 2. The van der Waals surface area contributed by atoms with Gasteiger partial charge in [0.05, 0.1) is 31.1 Å². The Kier molecular flexibility index (Phi) is 11.5. The SMILES string of the molecule is CCCCC(CC)C(=O)Nc1ccc(OC)c(-c2nnc3/c(=C\c4ccc(N(CC)CCO)cc4C)c(C(=O)OCC)nn23)c1. The standard InChI is InChI=1S/C34H44N6O5/c1-7-11-12-23(8-2)33(42)35-25-14-16-29(44-6)27(21-25)31-36-37-32-28(30(38-40(31)32)34(43)45-10-4)20-24-13-15-26(19-22(24)5)39(9-3)17-18-41/h13-16,19-21,23,41H,7-12,17-18H2,1-6H3,(H,35,42)/b28-20-. The van der Waals surface area contributed by atoms with Gasteiger partial charge in [0.15, 0.2) is 17.2 Å². The van der Waals surface area contributed by atoms with Crippen LogP contribution in [-0.2, 0) is 9.53 Å². The van der Waals surface area contributed by atoms with Crippen LogP contribution in [0.4, 0.5) is 11.4 Å². The summed E-state index contributed by atoms with van der Waals surface area (Å²) in [6, 6.07) is 11.4. The summed E-state index contributed by atoms with van der Waals surface area (Å²) in [6.45, 7) is 11.5. The van der Waals surface area contributed by atoms with Crippen molar-refractivity contribution in [2.45, 2.75) is 60.3 Å². The zero-order chi connectivity index (χ0) is 32.5. The lowest BCUT2D eigenvalue weighted by Crippen LogP contribution is -2.26. The average Bonchev–Trinajstić information content (AvgIpc) is 3.61. The molecule has 45 heavy (non-hydrogen) atoms. The van der Waals surface area contributed by atoms with Crippen molar-refractivity contribution in [2.24, 2.45) is 5.92 Å². The molecule has 2 aromatic carbocycles. The van der Waals surface area contributed by atoms with Crippen LogP contribution < -0.4 is 20.2 Å². The molecule has 0 saturated heterocycles. The third-order valence-corrected chi connectivity index (χ3v) is 7.95. The summed E-state index contributed by atoms with van der Waals surface area (Å²) >= 11 is 0. The number of aromatic nitrogens is 4. The van der Waals surface area contributed by atoms with Gasteiger partial charge in [-0.1, -0.05) is 32.8 Å². The number of aryl methyl sites for hydroxylation is 1. The van der Waals surface area contributed by atoms with E-state index >= 15 is 0 Å². The number of hydrogen-bond acceptors (Lipinski definition) is 9. The number of nitrogens with one attached hydrogen (secondary N) is 1. The highest BCUT2D eigenvalue weighted by Gasteiger charge is 2.24. The van der Waals surface area contributed by atoms with Gasteiger partial charge in [0.1, 0.15) is 5.75 Å². The van der Waals surface area contributed by atoms with Crippen molar-refractivity contribution in [3.05, 3.63) is 58.4 Å². The molecule has 0 aliphatic rings. The van der Waals surface area contributed by atoms with Crippen molar-refractivity contribution in [1.29, 1.82) is 0 Å². The molecule has 0 radical (unpaired) electrons. The van der Waals surface area contributed by atoms with Crippen molar-refractivity contribution < 1.29 is 24.2 Å². The minimum atomic E-state index is -0.569. The highest BCUT2D eigenvalue weighted by molar-refractivity contribution is 5.94. The first-order chi connectivity index (χ1) is 21.8. The van der Waals surface area contributed by atoms with Gasteiger partial charge in [-0.3, -0.25) is 4.79 Å². The molecule has 1 atom stereocenters. The van der Waals surface area contributed by atoms with E-state index in [1.807, 2.05) is 45.0 Å². The number of anilines is 2. The molecule has 1 unspecified atom stereocenters. The van der Waals surface area contributed by atoms with E-state index in [9.17, 15) is 14.7 Å². The zero-order valence-corrected chi connectivity index (χ0v) is 27.1. The van der Waals surface area contributed by atoms with Crippen LogP contribution in [0.2, 0.25) is 0 Å². The van der Waals surface area contributed by atoms with Crippen molar-refractivity contribution in [2.75, 3.05) is 43.6 Å². The van der Waals surface area contributed by atoms with Crippen LogP contribution in [0, 0.1) is 12.8 Å². The minimum Gasteiger partial charge on any atom is -0.496 e. The molecule has 11 heteroatoms. The van der Waals surface area contributed by atoms with Gasteiger partial charge >= 0.3 is 5.97 Å². The van der Waals surface area contributed by atoms with Crippen LogP contribution in [-0.4, -0.2) is 70.2 Å². The summed E-state index contributed by atoms with van der Waals surface area (Å²) in [5.41, 5.74) is 4.52. The van der Waals surface area contributed by atoms with E-state index in [4.69, 9.17) is 9.47 Å². The Morgan fingerprint density at radius 3 is 2.56 bits per heavy atom. The topological polar surface area (TPSA) is 131 Å². The van der Waals surface area contributed by atoms with Gasteiger partial charge in [-0.05, 0) is 81.1 Å². The predicted molar refractivity (Wildman–Crippen MR) is 176 cm³/mol. The van der Waals surface area contributed by atoms with E-state index in [2.05, 4.69) is 32.4 Å². The van der Waals surface area contributed by atoms with Gasteiger partial charge in [0.25, 0.3) is 0 Å². The van der Waals surface area contributed by atoms with E-state index in [-0.39, 0.29) is 30.7 Å². The number of aliphatic hydroxyl groups is 1. The van der Waals surface area contributed by atoms with Gasteiger partial charge in [-0.2, -0.15) is 9.61 Å². The molecule has 0 bridgehead atoms. The molecular weight excluding hydrogens is 572 g/mol. The van der Waals surface area contributed by atoms with E-state index < -0.39 is 5.97 Å².